The lowest BCUT2D eigenvalue weighted by Gasteiger charge is -2.37. The van der Waals surface area contributed by atoms with Crippen LogP contribution in [-0.2, 0) is 10.0 Å². The molecule has 0 aliphatic carbocycles. The number of benzene rings is 1. The second kappa shape index (κ2) is 6.13. The van der Waals surface area contributed by atoms with Crippen molar-refractivity contribution in [1.29, 1.82) is 0 Å². The van der Waals surface area contributed by atoms with Crippen molar-refractivity contribution >= 4 is 26.0 Å². The van der Waals surface area contributed by atoms with Crippen LogP contribution in [0.3, 0.4) is 0 Å². The largest absolute Gasteiger partial charge is 0.326 e. The second-order valence-electron chi connectivity index (χ2n) is 5.50. The predicted octanol–water partition coefficient (Wildman–Crippen LogP) is 2.65. The molecule has 1 aliphatic rings. The summed E-state index contributed by atoms with van der Waals surface area (Å²) in [7, 11) is -3.48. The Morgan fingerprint density at radius 1 is 1.35 bits per heavy atom. The highest BCUT2D eigenvalue weighted by Gasteiger charge is 2.35. The molecule has 0 bridgehead atoms. The van der Waals surface area contributed by atoms with E-state index in [2.05, 4.69) is 15.9 Å². The van der Waals surface area contributed by atoms with Crippen LogP contribution in [-0.4, -0.2) is 31.4 Å². The van der Waals surface area contributed by atoms with Crippen molar-refractivity contribution in [2.24, 2.45) is 5.73 Å². The number of nitrogens with zero attached hydrogens (tertiary/aromatic N) is 1. The molecule has 0 saturated carbocycles. The molecule has 2 atom stereocenters. The first-order chi connectivity index (χ1) is 9.32. The lowest BCUT2D eigenvalue weighted by Crippen LogP contribution is -2.51. The zero-order valence-corrected chi connectivity index (χ0v) is 14.2. The van der Waals surface area contributed by atoms with Gasteiger partial charge in [0.1, 0.15) is 0 Å². The predicted molar refractivity (Wildman–Crippen MR) is 84.1 cm³/mol. The minimum Gasteiger partial charge on any atom is -0.326 e. The molecule has 1 fully saturated rings. The third kappa shape index (κ3) is 3.24. The summed E-state index contributed by atoms with van der Waals surface area (Å²) in [6.07, 6.45) is 2.77. The highest BCUT2D eigenvalue weighted by atomic mass is 79.9. The Hall–Kier alpha value is -0.430. The third-order valence-corrected chi connectivity index (χ3v) is 6.09. The van der Waals surface area contributed by atoms with Crippen molar-refractivity contribution in [1.82, 2.24) is 4.31 Å². The van der Waals surface area contributed by atoms with Crippen LogP contribution in [0, 0.1) is 6.92 Å². The van der Waals surface area contributed by atoms with E-state index in [0.717, 1.165) is 29.3 Å². The Morgan fingerprint density at radius 2 is 2.05 bits per heavy atom. The van der Waals surface area contributed by atoms with Crippen molar-refractivity contribution in [2.45, 2.75) is 50.1 Å². The third-order valence-electron chi connectivity index (χ3n) is 3.73. The number of hydrogen-bond acceptors (Lipinski definition) is 3. The number of hydrogen-bond donors (Lipinski definition) is 1. The van der Waals surface area contributed by atoms with Crippen molar-refractivity contribution in [3.8, 4) is 0 Å². The fourth-order valence-electron chi connectivity index (χ4n) is 2.74. The van der Waals surface area contributed by atoms with E-state index in [0.29, 0.717) is 11.4 Å². The number of sulfonamides is 1. The van der Waals surface area contributed by atoms with Gasteiger partial charge in [0.05, 0.1) is 4.90 Å². The van der Waals surface area contributed by atoms with Gasteiger partial charge in [-0.1, -0.05) is 22.4 Å². The molecule has 0 aromatic heterocycles. The molecule has 4 nitrogen and oxygen atoms in total. The van der Waals surface area contributed by atoms with E-state index in [4.69, 9.17) is 5.73 Å². The molecule has 20 heavy (non-hydrogen) atoms. The van der Waals surface area contributed by atoms with Crippen LogP contribution in [0.5, 0.6) is 0 Å². The minimum atomic E-state index is -3.48. The summed E-state index contributed by atoms with van der Waals surface area (Å²) in [6.45, 7) is 4.33. The summed E-state index contributed by atoms with van der Waals surface area (Å²) in [5.41, 5.74) is 6.90. The van der Waals surface area contributed by atoms with E-state index >= 15 is 0 Å². The van der Waals surface area contributed by atoms with E-state index < -0.39 is 10.0 Å². The van der Waals surface area contributed by atoms with Crippen molar-refractivity contribution < 1.29 is 8.42 Å². The van der Waals surface area contributed by atoms with Gasteiger partial charge in [0.15, 0.2) is 0 Å². The van der Waals surface area contributed by atoms with Gasteiger partial charge in [-0.25, -0.2) is 8.42 Å². The molecule has 0 amide bonds. The molecule has 2 rings (SSSR count). The summed E-state index contributed by atoms with van der Waals surface area (Å²) in [5, 5.41) is 0. The van der Waals surface area contributed by atoms with Gasteiger partial charge in [-0.05, 0) is 50.5 Å². The fourth-order valence-corrected chi connectivity index (χ4v) is 5.41. The van der Waals surface area contributed by atoms with Crippen LogP contribution in [0.2, 0.25) is 0 Å². The monoisotopic (exact) mass is 360 g/mol. The maximum absolute atomic E-state index is 12.9. The van der Waals surface area contributed by atoms with Gasteiger partial charge in [0.2, 0.25) is 10.0 Å². The Bertz CT molecular complexity index is 567. The molecule has 112 valence electrons. The van der Waals surface area contributed by atoms with Crippen LogP contribution in [0.4, 0.5) is 0 Å². The highest BCUT2D eigenvalue weighted by Crippen LogP contribution is 2.28. The van der Waals surface area contributed by atoms with Crippen LogP contribution in [0.15, 0.2) is 27.6 Å². The molecule has 6 heteroatoms. The lowest BCUT2D eigenvalue weighted by molar-refractivity contribution is 0.227. The fraction of sp³-hybridized carbons (Fsp3) is 0.571. The molecular weight excluding hydrogens is 340 g/mol. The van der Waals surface area contributed by atoms with E-state index in [1.54, 1.807) is 16.4 Å². The SMILES string of the molecule is Cc1cc(Br)cc(S(=O)(=O)N2CCCCC2C(C)N)c1. The molecule has 0 radical (unpaired) electrons. The smallest absolute Gasteiger partial charge is 0.243 e. The van der Waals surface area contributed by atoms with E-state index in [9.17, 15) is 8.42 Å². The summed E-state index contributed by atoms with van der Waals surface area (Å²) >= 11 is 3.37. The molecule has 0 spiro atoms. The highest BCUT2D eigenvalue weighted by molar-refractivity contribution is 9.10. The first-order valence-corrected chi connectivity index (χ1v) is 9.10. The molecule has 1 aromatic carbocycles. The van der Waals surface area contributed by atoms with E-state index in [-0.39, 0.29) is 12.1 Å². The number of piperidine rings is 1. The molecule has 2 N–H and O–H groups in total. The summed E-state index contributed by atoms with van der Waals surface area (Å²) in [5.74, 6) is 0. The van der Waals surface area contributed by atoms with Crippen LogP contribution in [0.25, 0.3) is 0 Å². The first-order valence-electron chi connectivity index (χ1n) is 6.87. The standard InChI is InChI=1S/C14H21BrN2O2S/c1-10-7-12(15)9-13(8-10)20(18,19)17-6-4-3-5-14(17)11(2)16/h7-9,11,14H,3-6,16H2,1-2H3. The Labute approximate surface area is 129 Å². The number of halogens is 1. The van der Waals surface area contributed by atoms with Crippen molar-refractivity contribution in [3.63, 3.8) is 0 Å². The molecule has 1 saturated heterocycles. The van der Waals surface area contributed by atoms with E-state index in [1.807, 2.05) is 19.9 Å². The van der Waals surface area contributed by atoms with Crippen molar-refractivity contribution in [2.75, 3.05) is 6.54 Å². The van der Waals surface area contributed by atoms with Crippen LogP contribution >= 0.6 is 15.9 Å². The summed E-state index contributed by atoms with van der Waals surface area (Å²) < 4.78 is 28.1. The van der Waals surface area contributed by atoms with Gasteiger partial charge in [-0.15, -0.1) is 0 Å². The number of aryl methyl sites for hydroxylation is 1. The lowest BCUT2D eigenvalue weighted by atomic mass is 10.00. The maximum atomic E-state index is 12.9. The molecular formula is C14H21BrN2O2S. The quantitative estimate of drug-likeness (QED) is 0.900. The Balaban J connectivity index is 2.42. The molecule has 1 aliphatic heterocycles. The van der Waals surface area contributed by atoms with Gasteiger partial charge < -0.3 is 5.73 Å². The molecule has 1 heterocycles. The molecule has 2 unspecified atom stereocenters. The minimum absolute atomic E-state index is 0.104. The zero-order chi connectivity index (χ0) is 14.9. The average Bonchev–Trinajstić information content (AvgIpc) is 2.37. The van der Waals surface area contributed by atoms with Crippen molar-refractivity contribution in [3.05, 3.63) is 28.2 Å². The van der Waals surface area contributed by atoms with Gasteiger partial charge in [0, 0.05) is 23.1 Å². The Morgan fingerprint density at radius 3 is 2.65 bits per heavy atom. The van der Waals surface area contributed by atoms with Gasteiger partial charge in [-0.3, -0.25) is 0 Å². The number of rotatable bonds is 3. The maximum Gasteiger partial charge on any atom is 0.243 e. The topological polar surface area (TPSA) is 63.4 Å². The molecule has 1 aromatic rings. The van der Waals surface area contributed by atoms with E-state index in [1.165, 1.54) is 0 Å². The number of nitrogens with two attached hydrogens (primary N) is 1. The van der Waals surface area contributed by atoms with Crippen LogP contribution in [0.1, 0.15) is 31.7 Å². The average molecular weight is 361 g/mol. The van der Waals surface area contributed by atoms with Gasteiger partial charge in [-0.2, -0.15) is 4.31 Å². The normalized spacial score (nSPS) is 22.7. The van der Waals surface area contributed by atoms with Gasteiger partial charge >= 0.3 is 0 Å². The van der Waals surface area contributed by atoms with Gasteiger partial charge in [0.25, 0.3) is 0 Å². The first kappa shape index (κ1) is 15.9. The van der Waals surface area contributed by atoms with Crippen LogP contribution < -0.4 is 5.73 Å². The zero-order valence-electron chi connectivity index (χ0n) is 11.8. The summed E-state index contributed by atoms with van der Waals surface area (Å²) in [4.78, 5) is 0.344. The second-order valence-corrected chi connectivity index (χ2v) is 8.31. The summed E-state index contributed by atoms with van der Waals surface area (Å²) in [6, 6.07) is 5.02. The Kier molecular flexibility index (Phi) is 4.89.